The molecular formula is C10H14ClNO3S. The maximum Gasteiger partial charge on any atom is 0.235 e. The Hall–Kier alpha value is -1.07. The van der Waals surface area contributed by atoms with Crippen molar-refractivity contribution in [1.29, 1.82) is 0 Å². The van der Waals surface area contributed by atoms with Crippen LogP contribution in [-0.2, 0) is 20.4 Å². The van der Waals surface area contributed by atoms with E-state index in [0.717, 1.165) is 0 Å². The summed E-state index contributed by atoms with van der Waals surface area (Å²) in [6, 6.07) is 8.70. The first-order valence-corrected chi connectivity index (χ1v) is 6.20. The molecule has 0 heterocycles. The minimum absolute atomic E-state index is 0. The Morgan fingerprint density at radius 1 is 1.31 bits per heavy atom. The molecule has 0 saturated carbocycles. The van der Waals surface area contributed by atoms with Crippen molar-refractivity contribution in [1.82, 2.24) is 0 Å². The summed E-state index contributed by atoms with van der Waals surface area (Å²) < 4.78 is 23.3. The van der Waals surface area contributed by atoms with E-state index >= 15 is 0 Å². The number of nitrogens with two attached hydrogens (primary N) is 1. The highest BCUT2D eigenvalue weighted by molar-refractivity contribution is 7.92. The zero-order chi connectivity index (χ0) is 11.5. The monoisotopic (exact) mass is 263 g/mol. The fourth-order valence-corrected chi connectivity index (χ4v) is 2.37. The number of primary amides is 1. The van der Waals surface area contributed by atoms with Crippen molar-refractivity contribution < 1.29 is 13.2 Å². The van der Waals surface area contributed by atoms with Gasteiger partial charge in [-0.05, 0) is 12.5 Å². The molecule has 1 aromatic carbocycles. The van der Waals surface area contributed by atoms with Gasteiger partial charge in [0.1, 0.15) is 5.25 Å². The van der Waals surface area contributed by atoms with E-state index < -0.39 is 21.0 Å². The van der Waals surface area contributed by atoms with E-state index in [2.05, 4.69) is 0 Å². The lowest BCUT2D eigenvalue weighted by Crippen LogP contribution is -2.33. The van der Waals surface area contributed by atoms with Crippen molar-refractivity contribution in [3.8, 4) is 0 Å². The lowest BCUT2D eigenvalue weighted by atomic mass is 10.2. The maximum absolute atomic E-state index is 11.6. The molecule has 1 atom stereocenters. The molecule has 0 bridgehead atoms. The molecule has 16 heavy (non-hydrogen) atoms. The second-order valence-electron chi connectivity index (χ2n) is 3.34. The van der Waals surface area contributed by atoms with Crippen LogP contribution in [0, 0.1) is 0 Å². The molecule has 0 fully saturated rings. The molecule has 1 rings (SSSR count). The molecule has 0 aliphatic carbocycles. The third-order valence-electron chi connectivity index (χ3n) is 2.15. The van der Waals surface area contributed by atoms with Crippen LogP contribution in [-0.4, -0.2) is 19.6 Å². The molecule has 0 aromatic heterocycles. The van der Waals surface area contributed by atoms with Gasteiger partial charge in [-0.2, -0.15) is 0 Å². The summed E-state index contributed by atoms with van der Waals surface area (Å²) in [4.78, 5) is 10.8. The summed E-state index contributed by atoms with van der Waals surface area (Å²) in [7, 11) is -3.49. The second-order valence-corrected chi connectivity index (χ2v) is 5.66. The summed E-state index contributed by atoms with van der Waals surface area (Å²) >= 11 is 0. The average Bonchev–Trinajstić information content (AvgIpc) is 2.17. The molecule has 0 spiro atoms. The highest BCUT2D eigenvalue weighted by Gasteiger charge is 2.25. The van der Waals surface area contributed by atoms with Crippen LogP contribution in [0.15, 0.2) is 30.3 Å². The molecule has 0 aliphatic rings. The third-order valence-corrected chi connectivity index (χ3v) is 4.20. The van der Waals surface area contributed by atoms with E-state index in [1.807, 2.05) is 0 Å². The number of carbonyl (C=O) groups excluding carboxylic acids is 1. The molecule has 0 unspecified atom stereocenters. The number of benzene rings is 1. The van der Waals surface area contributed by atoms with Gasteiger partial charge in [0.15, 0.2) is 9.84 Å². The minimum atomic E-state index is -3.49. The van der Waals surface area contributed by atoms with E-state index in [1.54, 1.807) is 30.3 Å². The van der Waals surface area contributed by atoms with Gasteiger partial charge < -0.3 is 5.73 Å². The van der Waals surface area contributed by atoms with Gasteiger partial charge in [0.05, 0.1) is 5.75 Å². The van der Waals surface area contributed by atoms with Crippen LogP contribution in [0.1, 0.15) is 12.5 Å². The van der Waals surface area contributed by atoms with Crippen molar-refractivity contribution in [3.05, 3.63) is 35.9 Å². The lowest BCUT2D eigenvalue weighted by Gasteiger charge is -2.08. The van der Waals surface area contributed by atoms with Gasteiger partial charge in [0, 0.05) is 0 Å². The van der Waals surface area contributed by atoms with Gasteiger partial charge >= 0.3 is 0 Å². The first-order chi connectivity index (χ1) is 6.93. The number of hydrogen-bond acceptors (Lipinski definition) is 3. The lowest BCUT2D eigenvalue weighted by molar-refractivity contribution is -0.117. The number of halogens is 1. The summed E-state index contributed by atoms with van der Waals surface area (Å²) in [5.41, 5.74) is 5.62. The largest absolute Gasteiger partial charge is 0.369 e. The second kappa shape index (κ2) is 5.86. The first-order valence-electron chi connectivity index (χ1n) is 4.48. The number of rotatable bonds is 4. The standard InChI is InChI=1S/C10H13NO3S.ClH/c1-8(10(11)12)15(13,14)7-9-5-3-2-4-6-9;/h2-6,8H,7H2,1H3,(H2,11,12);1H/t8-;/m1./s1. The Balaban J connectivity index is 0.00000225. The Morgan fingerprint density at radius 2 is 1.81 bits per heavy atom. The van der Waals surface area contributed by atoms with Crippen LogP contribution in [0.4, 0.5) is 0 Å². The zero-order valence-electron chi connectivity index (χ0n) is 8.79. The van der Waals surface area contributed by atoms with Crippen LogP contribution < -0.4 is 5.73 Å². The smallest absolute Gasteiger partial charge is 0.235 e. The highest BCUT2D eigenvalue weighted by atomic mass is 35.5. The van der Waals surface area contributed by atoms with E-state index in [1.165, 1.54) is 6.92 Å². The van der Waals surface area contributed by atoms with Crippen LogP contribution in [0.5, 0.6) is 0 Å². The summed E-state index contributed by atoms with van der Waals surface area (Å²) in [6.45, 7) is 1.31. The maximum atomic E-state index is 11.6. The van der Waals surface area contributed by atoms with Crippen molar-refractivity contribution in [2.24, 2.45) is 5.73 Å². The first kappa shape index (κ1) is 14.9. The number of amides is 1. The van der Waals surface area contributed by atoms with Gasteiger partial charge in [0.25, 0.3) is 0 Å². The van der Waals surface area contributed by atoms with E-state index in [-0.39, 0.29) is 18.2 Å². The zero-order valence-corrected chi connectivity index (χ0v) is 10.4. The summed E-state index contributed by atoms with van der Waals surface area (Å²) in [6.07, 6.45) is 0. The van der Waals surface area contributed by atoms with Crippen LogP contribution >= 0.6 is 12.4 Å². The molecule has 90 valence electrons. The van der Waals surface area contributed by atoms with Crippen LogP contribution in [0.3, 0.4) is 0 Å². The minimum Gasteiger partial charge on any atom is -0.369 e. The fraction of sp³-hybridized carbons (Fsp3) is 0.300. The molecular weight excluding hydrogens is 250 g/mol. The molecule has 4 nitrogen and oxygen atoms in total. The highest BCUT2D eigenvalue weighted by Crippen LogP contribution is 2.10. The average molecular weight is 264 g/mol. The Morgan fingerprint density at radius 3 is 2.25 bits per heavy atom. The molecule has 1 amide bonds. The van der Waals surface area contributed by atoms with Gasteiger partial charge in [0.2, 0.25) is 5.91 Å². The van der Waals surface area contributed by atoms with Crippen molar-refractivity contribution in [3.63, 3.8) is 0 Å². The van der Waals surface area contributed by atoms with Gasteiger partial charge in [-0.1, -0.05) is 30.3 Å². The van der Waals surface area contributed by atoms with Crippen molar-refractivity contribution in [2.75, 3.05) is 0 Å². The Labute approximate surface area is 101 Å². The van der Waals surface area contributed by atoms with Crippen LogP contribution in [0.25, 0.3) is 0 Å². The third kappa shape index (κ3) is 3.83. The summed E-state index contributed by atoms with van der Waals surface area (Å²) in [5.74, 6) is -0.969. The normalized spacial score (nSPS) is 12.6. The number of carbonyl (C=O) groups is 1. The van der Waals surface area contributed by atoms with E-state index in [0.29, 0.717) is 5.56 Å². The van der Waals surface area contributed by atoms with Crippen molar-refractivity contribution in [2.45, 2.75) is 17.9 Å². The fourth-order valence-electron chi connectivity index (χ4n) is 1.11. The van der Waals surface area contributed by atoms with Crippen LogP contribution in [0.2, 0.25) is 0 Å². The topological polar surface area (TPSA) is 77.2 Å². The molecule has 2 N–H and O–H groups in total. The molecule has 1 aromatic rings. The van der Waals surface area contributed by atoms with E-state index in [9.17, 15) is 13.2 Å². The van der Waals surface area contributed by atoms with Crippen molar-refractivity contribution >= 4 is 28.2 Å². The van der Waals surface area contributed by atoms with Gasteiger partial charge in [-0.3, -0.25) is 4.79 Å². The van der Waals surface area contributed by atoms with E-state index in [4.69, 9.17) is 5.73 Å². The quantitative estimate of drug-likeness (QED) is 0.877. The van der Waals surface area contributed by atoms with Gasteiger partial charge in [-0.15, -0.1) is 12.4 Å². The molecule has 6 heteroatoms. The Bertz CT molecular complexity index is 444. The molecule has 0 saturated heterocycles. The SMILES string of the molecule is C[C@H](C(N)=O)S(=O)(=O)Cc1ccccc1.Cl. The predicted molar refractivity (Wildman–Crippen MR) is 65.0 cm³/mol. The summed E-state index contributed by atoms with van der Waals surface area (Å²) in [5, 5.41) is -1.14. The number of hydrogen-bond donors (Lipinski definition) is 1. The molecule has 0 aliphatic heterocycles. The van der Waals surface area contributed by atoms with Gasteiger partial charge in [-0.25, -0.2) is 8.42 Å². The molecule has 0 radical (unpaired) electrons. The predicted octanol–water partition coefficient (Wildman–Crippen LogP) is 0.897. The number of sulfone groups is 1. The Kier molecular flexibility index (Phi) is 5.47.